The summed E-state index contributed by atoms with van der Waals surface area (Å²) in [6.07, 6.45) is 0.844. The van der Waals surface area contributed by atoms with Gasteiger partial charge < -0.3 is 5.73 Å². The van der Waals surface area contributed by atoms with Gasteiger partial charge in [0.1, 0.15) is 0 Å². The summed E-state index contributed by atoms with van der Waals surface area (Å²) >= 11 is 5.70. The van der Waals surface area contributed by atoms with Gasteiger partial charge in [0.25, 0.3) is 0 Å². The van der Waals surface area contributed by atoms with E-state index in [0.29, 0.717) is 5.88 Å². The van der Waals surface area contributed by atoms with Gasteiger partial charge in [-0.2, -0.15) is 0 Å². The van der Waals surface area contributed by atoms with Gasteiger partial charge in [0.15, 0.2) is 0 Å². The van der Waals surface area contributed by atoms with Crippen molar-refractivity contribution in [3.8, 4) is 0 Å². The van der Waals surface area contributed by atoms with Crippen LogP contribution < -0.4 is 5.73 Å². The molecule has 0 amide bonds. The van der Waals surface area contributed by atoms with Crippen LogP contribution in [0.2, 0.25) is 0 Å². The number of nitrogens with two attached hydrogens (primary N) is 1. The Bertz CT molecular complexity index is 356. The zero-order valence-electron chi connectivity index (χ0n) is 8.73. The predicted octanol–water partition coefficient (Wildman–Crippen LogP) is 3.22. The molecule has 0 aliphatic rings. The molecular weight excluding hydrogens is 194 g/mol. The van der Waals surface area contributed by atoms with Crippen molar-refractivity contribution in [2.45, 2.75) is 20.3 Å². The monoisotopic (exact) mass is 209 g/mol. The molecule has 0 unspecified atom stereocenters. The maximum Gasteiger partial charge on any atom is 0.0434 e. The van der Waals surface area contributed by atoms with E-state index in [-0.39, 0.29) is 0 Å². The highest BCUT2D eigenvalue weighted by Crippen LogP contribution is 2.20. The smallest absolute Gasteiger partial charge is 0.0434 e. The predicted molar refractivity (Wildman–Crippen MR) is 63.9 cm³/mol. The zero-order valence-corrected chi connectivity index (χ0v) is 9.49. The van der Waals surface area contributed by atoms with Gasteiger partial charge >= 0.3 is 0 Å². The van der Waals surface area contributed by atoms with Crippen molar-refractivity contribution in [3.05, 3.63) is 41.0 Å². The molecular formula is C12H16ClN. The van der Waals surface area contributed by atoms with E-state index in [1.54, 1.807) is 0 Å². The lowest BCUT2D eigenvalue weighted by molar-refractivity contribution is 1.12. The molecule has 1 nitrogen and oxygen atoms in total. The lowest BCUT2D eigenvalue weighted by atomic mass is 9.99. The van der Waals surface area contributed by atoms with E-state index in [0.717, 1.165) is 23.2 Å². The number of nitrogen functional groups attached to an aromatic ring is 1. The van der Waals surface area contributed by atoms with Crippen LogP contribution in [0.5, 0.6) is 0 Å². The minimum absolute atomic E-state index is 0.517. The van der Waals surface area contributed by atoms with Gasteiger partial charge in [-0.1, -0.05) is 18.2 Å². The van der Waals surface area contributed by atoms with E-state index >= 15 is 0 Å². The maximum atomic E-state index is 5.80. The second-order valence-corrected chi connectivity index (χ2v) is 3.96. The van der Waals surface area contributed by atoms with Gasteiger partial charge in [0, 0.05) is 11.6 Å². The minimum Gasteiger partial charge on any atom is -0.399 e. The second-order valence-electron chi connectivity index (χ2n) is 3.70. The molecule has 0 spiro atoms. The van der Waals surface area contributed by atoms with E-state index in [1.807, 2.05) is 13.0 Å². The molecule has 0 aliphatic carbocycles. The first-order chi connectivity index (χ1) is 6.54. The number of rotatable bonds is 3. The normalized spacial score (nSPS) is 10.2. The number of aryl methyl sites for hydroxylation is 2. The van der Waals surface area contributed by atoms with Crippen LogP contribution in [0.4, 0.5) is 5.69 Å². The molecule has 1 aromatic carbocycles. The Morgan fingerprint density at radius 2 is 2.00 bits per heavy atom. The van der Waals surface area contributed by atoms with Crippen LogP contribution in [0.3, 0.4) is 0 Å². The van der Waals surface area contributed by atoms with E-state index < -0.39 is 0 Å². The SMILES string of the molecule is C=C(CCl)Cc1cc(C)c(N)cc1C. The number of benzene rings is 1. The molecule has 0 saturated heterocycles. The molecule has 2 N–H and O–H groups in total. The van der Waals surface area contributed by atoms with Crippen molar-refractivity contribution in [2.24, 2.45) is 0 Å². The van der Waals surface area contributed by atoms with E-state index in [1.165, 1.54) is 11.1 Å². The summed E-state index contributed by atoms with van der Waals surface area (Å²) in [5.41, 5.74) is 11.3. The fraction of sp³-hybridized carbons (Fsp3) is 0.333. The molecule has 1 rings (SSSR count). The lowest BCUT2D eigenvalue weighted by Gasteiger charge is -2.09. The van der Waals surface area contributed by atoms with Crippen molar-refractivity contribution in [2.75, 3.05) is 11.6 Å². The molecule has 0 saturated carbocycles. The van der Waals surface area contributed by atoms with Crippen molar-refractivity contribution in [1.82, 2.24) is 0 Å². The molecule has 0 bridgehead atoms. The van der Waals surface area contributed by atoms with E-state index in [4.69, 9.17) is 17.3 Å². The summed E-state index contributed by atoms with van der Waals surface area (Å²) in [7, 11) is 0. The Balaban J connectivity index is 2.98. The van der Waals surface area contributed by atoms with Crippen molar-refractivity contribution in [3.63, 3.8) is 0 Å². The summed E-state index contributed by atoms with van der Waals surface area (Å²) in [6, 6.07) is 4.12. The first-order valence-electron chi connectivity index (χ1n) is 4.62. The molecule has 0 heterocycles. The largest absolute Gasteiger partial charge is 0.399 e. The van der Waals surface area contributed by atoms with Crippen LogP contribution >= 0.6 is 11.6 Å². The molecule has 0 fully saturated rings. The Morgan fingerprint density at radius 3 is 2.57 bits per heavy atom. The molecule has 1 aromatic rings. The van der Waals surface area contributed by atoms with Crippen LogP contribution in [-0.2, 0) is 6.42 Å². The molecule has 76 valence electrons. The van der Waals surface area contributed by atoms with Crippen molar-refractivity contribution < 1.29 is 0 Å². The van der Waals surface area contributed by atoms with Gasteiger partial charge in [0.05, 0.1) is 0 Å². The van der Waals surface area contributed by atoms with E-state index in [9.17, 15) is 0 Å². The number of hydrogen-bond donors (Lipinski definition) is 1. The summed E-state index contributed by atoms with van der Waals surface area (Å²) < 4.78 is 0. The van der Waals surface area contributed by atoms with Gasteiger partial charge in [-0.3, -0.25) is 0 Å². The molecule has 0 aliphatic heterocycles. The molecule has 0 atom stereocenters. The Labute approximate surface area is 90.6 Å². The van der Waals surface area contributed by atoms with Crippen LogP contribution in [0, 0.1) is 13.8 Å². The number of alkyl halides is 1. The first-order valence-corrected chi connectivity index (χ1v) is 5.16. The average Bonchev–Trinajstić information content (AvgIpc) is 2.14. The minimum atomic E-state index is 0.517. The fourth-order valence-electron chi connectivity index (χ4n) is 1.41. The number of hydrogen-bond acceptors (Lipinski definition) is 1. The highest BCUT2D eigenvalue weighted by atomic mass is 35.5. The third-order valence-corrected chi connectivity index (χ3v) is 2.73. The Morgan fingerprint density at radius 1 is 1.36 bits per heavy atom. The summed E-state index contributed by atoms with van der Waals surface area (Å²) in [5, 5.41) is 0. The number of anilines is 1. The van der Waals surface area contributed by atoms with Gasteiger partial charge in [-0.05, 0) is 43.0 Å². The zero-order chi connectivity index (χ0) is 10.7. The van der Waals surface area contributed by atoms with Crippen LogP contribution in [0.25, 0.3) is 0 Å². The standard InChI is InChI=1S/C12H16ClN/c1-8(7-13)4-11-5-10(3)12(14)6-9(11)2/h5-6H,1,4,7,14H2,2-3H3. The van der Waals surface area contributed by atoms with Gasteiger partial charge in [0.2, 0.25) is 0 Å². The molecule has 0 radical (unpaired) electrons. The number of halogens is 1. The van der Waals surface area contributed by atoms with Crippen molar-refractivity contribution in [1.29, 1.82) is 0 Å². The van der Waals surface area contributed by atoms with Crippen LogP contribution in [0.1, 0.15) is 16.7 Å². The highest BCUT2D eigenvalue weighted by Gasteiger charge is 2.03. The van der Waals surface area contributed by atoms with E-state index in [2.05, 4.69) is 19.6 Å². The molecule has 0 aromatic heterocycles. The Hall–Kier alpha value is -0.950. The van der Waals surface area contributed by atoms with Crippen LogP contribution in [0.15, 0.2) is 24.3 Å². The van der Waals surface area contributed by atoms with Gasteiger partial charge in [-0.25, -0.2) is 0 Å². The van der Waals surface area contributed by atoms with Crippen molar-refractivity contribution >= 4 is 17.3 Å². The fourth-order valence-corrected chi connectivity index (χ4v) is 1.50. The number of allylic oxidation sites excluding steroid dienone is 1. The second kappa shape index (κ2) is 4.52. The maximum absolute atomic E-state index is 5.80. The third-order valence-electron chi connectivity index (χ3n) is 2.35. The third kappa shape index (κ3) is 2.52. The summed E-state index contributed by atoms with van der Waals surface area (Å²) in [4.78, 5) is 0. The quantitative estimate of drug-likeness (QED) is 0.462. The molecule has 2 heteroatoms. The summed E-state index contributed by atoms with van der Waals surface area (Å²) in [5.74, 6) is 0.517. The van der Waals surface area contributed by atoms with Crippen LogP contribution in [-0.4, -0.2) is 5.88 Å². The Kier molecular flexibility index (Phi) is 3.59. The van der Waals surface area contributed by atoms with Gasteiger partial charge in [-0.15, -0.1) is 11.6 Å². The highest BCUT2D eigenvalue weighted by molar-refractivity contribution is 6.19. The molecule has 14 heavy (non-hydrogen) atoms. The first kappa shape index (κ1) is 11.1. The lowest BCUT2D eigenvalue weighted by Crippen LogP contribution is -1.98. The average molecular weight is 210 g/mol. The summed E-state index contributed by atoms with van der Waals surface area (Å²) in [6.45, 7) is 7.98. The topological polar surface area (TPSA) is 26.0 Å².